The standard InChI is InChI=1S/C35H37N7O6S/c1-35(2,3)48-32(44)28(37-4)19-26-17-24-9-10-25(18-29(24)49-26)42(13-15-43)14-16-46-34(45)39-20-22-5-7-23(8-6-22)21-47-31-30-27(11-12-38-30)40-33(36)41-31/h5-10,12,17-19,43H,11,13-16,20-21H2,1-3H3,(H,39,45)(H2,36,40,41)/b28-19-. The van der Waals surface area contributed by atoms with E-state index in [9.17, 15) is 14.7 Å². The van der Waals surface area contributed by atoms with Gasteiger partial charge in [-0.2, -0.15) is 4.98 Å². The molecule has 0 saturated heterocycles. The van der Waals surface area contributed by atoms with Gasteiger partial charge in [0.25, 0.3) is 5.70 Å². The number of nitrogens with two attached hydrogens (primary N) is 1. The molecule has 49 heavy (non-hydrogen) atoms. The lowest BCUT2D eigenvalue weighted by molar-refractivity contribution is -0.149. The Morgan fingerprint density at radius 2 is 1.90 bits per heavy atom. The van der Waals surface area contributed by atoms with Crippen molar-refractivity contribution in [3.05, 3.63) is 87.3 Å². The molecule has 0 fully saturated rings. The number of thiophene rings is 1. The molecule has 0 unspecified atom stereocenters. The summed E-state index contributed by atoms with van der Waals surface area (Å²) in [6.07, 6.45) is 3.32. The van der Waals surface area contributed by atoms with Crippen molar-refractivity contribution in [3.8, 4) is 5.88 Å². The minimum Gasteiger partial charge on any atom is -0.471 e. The van der Waals surface area contributed by atoms with Crippen molar-refractivity contribution in [3.63, 3.8) is 0 Å². The third kappa shape index (κ3) is 9.53. The molecular weight excluding hydrogens is 646 g/mol. The molecule has 1 aliphatic heterocycles. The van der Waals surface area contributed by atoms with Gasteiger partial charge >= 0.3 is 12.1 Å². The van der Waals surface area contributed by atoms with Gasteiger partial charge in [-0.1, -0.05) is 30.3 Å². The first-order valence-corrected chi connectivity index (χ1v) is 16.3. The lowest BCUT2D eigenvalue weighted by Crippen LogP contribution is -2.32. The van der Waals surface area contributed by atoms with Gasteiger partial charge in [0, 0.05) is 41.0 Å². The molecule has 0 radical (unpaired) electrons. The lowest BCUT2D eigenvalue weighted by Gasteiger charge is -2.24. The van der Waals surface area contributed by atoms with Crippen molar-refractivity contribution in [1.82, 2.24) is 15.3 Å². The number of carbonyl (C=O) groups excluding carboxylic acids is 2. The fraction of sp³-hybridized carbons (Fsp3) is 0.314. The average Bonchev–Trinajstić information content (AvgIpc) is 3.70. The molecular formula is C35H37N7O6S. The molecule has 2 aromatic heterocycles. The summed E-state index contributed by atoms with van der Waals surface area (Å²) in [5.41, 5.74) is 8.97. The largest absolute Gasteiger partial charge is 0.471 e. The number of esters is 1. The van der Waals surface area contributed by atoms with Gasteiger partial charge in [-0.15, -0.1) is 11.3 Å². The predicted molar refractivity (Wildman–Crippen MR) is 189 cm³/mol. The number of alkyl carbamates (subject to hydrolysis) is 1. The first kappa shape index (κ1) is 34.8. The van der Waals surface area contributed by atoms with Crippen LogP contribution in [-0.4, -0.2) is 65.3 Å². The van der Waals surface area contributed by atoms with Crippen LogP contribution in [-0.2, 0) is 33.8 Å². The number of anilines is 2. The van der Waals surface area contributed by atoms with Crippen LogP contribution in [0, 0.1) is 6.57 Å². The van der Waals surface area contributed by atoms with Crippen LogP contribution in [0.25, 0.3) is 21.0 Å². The van der Waals surface area contributed by atoms with Crippen LogP contribution in [0.3, 0.4) is 0 Å². The summed E-state index contributed by atoms with van der Waals surface area (Å²) in [6.45, 7) is 13.9. The zero-order valence-corrected chi connectivity index (χ0v) is 28.2. The number of benzene rings is 2. The number of hydrogen-bond acceptors (Lipinski definition) is 12. The van der Waals surface area contributed by atoms with Crippen molar-refractivity contribution >= 4 is 63.1 Å². The zero-order chi connectivity index (χ0) is 35.0. The van der Waals surface area contributed by atoms with Crippen molar-refractivity contribution in [2.45, 2.75) is 45.9 Å². The Hall–Kier alpha value is -5.52. The summed E-state index contributed by atoms with van der Waals surface area (Å²) in [6, 6.07) is 15.3. The van der Waals surface area contributed by atoms with Gasteiger partial charge in [-0.25, -0.2) is 14.6 Å². The molecule has 13 nitrogen and oxygen atoms in total. The molecule has 3 heterocycles. The fourth-order valence-corrected chi connectivity index (χ4v) is 5.91. The predicted octanol–water partition coefficient (Wildman–Crippen LogP) is 5.44. The first-order valence-electron chi connectivity index (χ1n) is 15.5. The summed E-state index contributed by atoms with van der Waals surface area (Å²) in [5, 5.41) is 13.4. The van der Waals surface area contributed by atoms with Gasteiger partial charge in [0.1, 0.15) is 24.5 Å². The third-order valence-electron chi connectivity index (χ3n) is 7.14. The maximum atomic E-state index is 12.4. The molecule has 0 spiro atoms. The van der Waals surface area contributed by atoms with Gasteiger partial charge < -0.3 is 35.3 Å². The Balaban J connectivity index is 1.10. The van der Waals surface area contributed by atoms with Crippen LogP contribution in [0.5, 0.6) is 5.88 Å². The van der Waals surface area contributed by atoms with Crippen molar-refractivity contribution < 1.29 is 28.9 Å². The number of aliphatic imine (C=N–C) groups is 1. The fourth-order valence-electron chi connectivity index (χ4n) is 4.87. The highest BCUT2D eigenvalue weighted by Gasteiger charge is 2.21. The molecule has 0 bridgehead atoms. The van der Waals surface area contributed by atoms with Crippen LogP contribution >= 0.6 is 11.3 Å². The molecule has 1 amide bonds. The second-order valence-corrected chi connectivity index (χ2v) is 13.1. The number of hydrogen-bond donors (Lipinski definition) is 3. The second kappa shape index (κ2) is 15.6. The van der Waals surface area contributed by atoms with Gasteiger partial charge in [0.05, 0.1) is 25.4 Å². The Morgan fingerprint density at radius 1 is 1.12 bits per heavy atom. The number of aliphatic hydroxyl groups excluding tert-OH is 1. The summed E-state index contributed by atoms with van der Waals surface area (Å²) in [4.78, 5) is 43.5. The van der Waals surface area contributed by atoms with Crippen LogP contribution in [0.15, 0.2) is 59.2 Å². The summed E-state index contributed by atoms with van der Waals surface area (Å²) >= 11 is 1.43. The number of nitrogens with zero attached hydrogens (tertiary/aromatic N) is 5. The average molecular weight is 684 g/mol. The first-order chi connectivity index (χ1) is 23.5. The monoisotopic (exact) mass is 683 g/mol. The molecule has 0 aliphatic carbocycles. The van der Waals surface area contributed by atoms with E-state index in [1.165, 1.54) is 17.4 Å². The van der Waals surface area contributed by atoms with Gasteiger partial charge in [-0.3, -0.25) is 9.79 Å². The Bertz CT molecular complexity index is 1930. The van der Waals surface area contributed by atoms with Crippen LogP contribution < -0.4 is 20.7 Å². The number of ether oxygens (including phenoxy) is 3. The molecule has 4 N–H and O–H groups in total. The normalized spacial score (nSPS) is 12.3. The van der Waals surface area contributed by atoms with E-state index in [2.05, 4.69) is 25.1 Å². The van der Waals surface area contributed by atoms with Gasteiger partial charge in [0.2, 0.25) is 11.8 Å². The Morgan fingerprint density at radius 3 is 2.63 bits per heavy atom. The third-order valence-corrected chi connectivity index (χ3v) is 8.19. The van der Waals surface area contributed by atoms with Crippen molar-refractivity contribution in [1.29, 1.82) is 0 Å². The van der Waals surface area contributed by atoms with E-state index in [1.54, 1.807) is 27.0 Å². The molecule has 0 saturated carbocycles. The van der Waals surface area contributed by atoms with Crippen molar-refractivity contribution in [2.75, 3.05) is 36.9 Å². The number of rotatable bonds is 13. The Kier molecular flexibility index (Phi) is 11.1. The van der Waals surface area contributed by atoms with E-state index in [-0.39, 0.29) is 38.0 Å². The smallest absolute Gasteiger partial charge is 0.407 e. The van der Waals surface area contributed by atoms with Gasteiger partial charge in [0.15, 0.2) is 0 Å². The molecule has 0 atom stereocenters. The molecule has 5 rings (SSSR count). The highest BCUT2D eigenvalue weighted by atomic mass is 32.1. The van der Waals surface area contributed by atoms with E-state index in [0.29, 0.717) is 31.1 Å². The van der Waals surface area contributed by atoms with Crippen LogP contribution in [0.1, 0.15) is 42.5 Å². The topological polar surface area (TPSA) is 166 Å². The molecule has 1 aliphatic rings. The zero-order valence-electron chi connectivity index (χ0n) is 27.4. The minimum absolute atomic E-state index is 0.0861. The van der Waals surface area contributed by atoms with Crippen molar-refractivity contribution in [2.24, 2.45) is 4.99 Å². The minimum atomic E-state index is -0.702. The molecule has 14 heteroatoms. The molecule has 2 aromatic carbocycles. The SMILES string of the molecule is [C-]#[N+]/C(=C\c1cc2ccc(N(CCO)CCOC(=O)NCc3ccc(COc4nc(N)nc5c4N=CC5)cc3)cc2s1)C(=O)OC(C)(C)C. The highest BCUT2D eigenvalue weighted by molar-refractivity contribution is 7.19. The number of fused-ring (bicyclic) bond motifs is 2. The van der Waals surface area contributed by atoms with E-state index in [0.717, 1.165) is 37.5 Å². The van der Waals surface area contributed by atoms with E-state index >= 15 is 0 Å². The number of carbonyl (C=O) groups is 2. The van der Waals surface area contributed by atoms with Crippen LogP contribution in [0.2, 0.25) is 0 Å². The number of aliphatic hydroxyl groups is 1. The maximum absolute atomic E-state index is 12.4. The van der Waals surface area contributed by atoms with E-state index in [1.807, 2.05) is 53.4 Å². The number of aromatic nitrogens is 2. The highest BCUT2D eigenvalue weighted by Crippen LogP contribution is 2.33. The van der Waals surface area contributed by atoms with Gasteiger partial charge in [-0.05, 0) is 61.6 Å². The number of nitrogen functional groups attached to an aromatic ring is 1. The van der Waals surface area contributed by atoms with Crippen LogP contribution in [0.4, 0.5) is 22.1 Å². The lowest BCUT2D eigenvalue weighted by atomic mass is 10.1. The van der Waals surface area contributed by atoms with E-state index in [4.69, 9.17) is 26.5 Å². The Labute approximate surface area is 287 Å². The summed E-state index contributed by atoms with van der Waals surface area (Å²) in [5.74, 6) is -0.168. The number of amides is 1. The summed E-state index contributed by atoms with van der Waals surface area (Å²) < 4.78 is 17.5. The maximum Gasteiger partial charge on any atom is 0.407 e. The second-order valence-electron chi connectivity index (χ2n) is 12.0. The number of nitrogens with one attached hydrogen (secondary N) is 1. The summed E-state index contributed by atoms with van der Waals surface area (Å²) in [7, 11) is 0. The van der Waals surface area contributed by atoms with E-state index < -0.39 is 17.7 Å². The quantitative estimate of drug-likeness (QED) is 0.0939. The molecule has 4 aromatic rings. The molecule has 254 valence electrons.